The van der Waals surface area contributed by atoms with Crippen molar-refractivity contribution in [2.45, 2.75) is 25.4 Å². The van der Waals surface area contributed by atoms with Crippen LogP contribution in [-0.4, -0.2) is 34.6 Å². The molecule has 2 heterocycles. The maximum absolute atomic E-state index is 12.6. The molecule has 0 spiro atoms. The number of benzene rings is 2. The van der Waals surface area contributed by atoms with Crippen LogP contribution in [0.3, 0.4) is 0 Å². The highest BCUT2D eigenvalue weighted by molar-refractivity contribution is 5.91. The Kier molecular flexibility index (Phi) is 4.19. The number of aromatic hydroxyl groups is 2. The summed E-state index contributed by atoms with van der Waals surface area (Å²) in [4.78, 5) is 12.6. The average Bonchev–Trinajstić information content (AvgIpc) is 2.66. The second-order valence-corrected chi connectivity index (χ2v) is 7.16. The highest BCUT2D eigenvalue weighted by Crippen LogP contribution is 2.44. The Hall–Kier alpha value is -3.19. The SMILES string of the molecule is COc1c2c(cc3oc(=O)c(-c4ccc(O)cc4O)cc13)O[C@@](C)(CO)CC2. The third kappa shape index (κ3) is 2.84. The molecule has 7 heteroatoms. The van der Waals surface area contributed by atoms with Gasteiger partial charge in [0, 0.05) is 23.3 Å². The van der Waals surface area contributed by atoms with Gasteiger partial charge in [0.15, 0.2) is 0 Å². The molecule has 0 bridgehead atoms. The zero-order valence-electron chi connectivity index (χ0n) is 15.5. The average molecular weight is 384 g/mol. The van der Waals surface area contributed by atoms with Crippen LogP contribution in [0.1, 0.15) is 18.9 Å². The first-order chi connectivity index (χ1) is 13.3. The lowest BCUT2D eigenvalue weighted by molar-refractivity contribution is 0.00769. The number of phenolic OH excluding ortho intramolecular Hbond substituents is 2. The summed E-state index contributed by atoms with van der Waals surface area (Å²) in [5.41, 5.74) is 0.165. The number of ether oxygens (including phenoxy) is 2. The summed E-state index contributed by atoms with van der Waals surface area (Å²) >= 11 is 0. The number of methoxy groups -OCH3 is 1. The van der Waals surface area contributed by atoms with Crippen molar-refractivity contribution in [3.05, 3.63) is 46.3 Å². The van der Waals surface area contributed by atoms with E-state index in [0.29, 0.717) is 29.7 Å². The highest BCUT2D eigenvalue weighted by atomic mass is 16.5. The molecule has 3 aromatic rings. The molecule has 0 radical (unpaired) electrons. The van der Waals surface area contributed by atoms with Crippen LogP contribution in [0.25, 0.3) is 22.1 Å². The predicted octanol–water partition coefficient (Wildman–Crippen LogP) is 2.96. The van der Waals surface area contributed by atoms with Crippen LogP contribution in [-0.2, 0) is 6.42 Å². The molecule has 0 saturated heterocycles. The van der Waals surface area contributed by atoms with Gasteiger partial charge < -0.3 is 29.2 Å². The Morgan fingerprint density at radius 2 is 1.96 bits per heavy atom. The summed E-state index contributed by atoms with van der Waals surface area (Å²) in [6.45, 7) is 1.69. The van der Waals surface area contributed by atoms with Crippen molar-refractivity contribution in [1.82, 2.24) is 0 Å². The second kappa shape index (κ2) is 6.45. The Morgan fingerprint density at radius 3 is 2.64 bits per heavy atom. The van der Waals surface area contributed by atoms with Crippen LogP contribution in [0, 0.1) is 0 Å². The van der Waals surface area contributed by atoms with Crippen molar-refractivity contribution in [3.8, 4) is 34.1 Å². The third-order valence-corrected chi connectivity index (χ3v) is 5.13. The van der Waals surface area contributed by atoms with Gasteiger partial charge >= 0.3 is 5.63 Å². The molecule has 7 nitrogen and oxygen atoms in total. The Labute approximate surface area is 160 Å². The summed E-state index contributed by atoms with van der Waals surface area (Å²) < 4.78 is 17.0. The standard InChI is InChI=1S/C21H20O7/c1-21(10-22)6-5-13-18(28-21)9-17-15(19(13)26-2)8-14(20(25)27-17)12-4-3-11(23)7-16(12)24/h3-4,7-9,22-24H,5-6,10H2,1-2H3/t21-/m1/s1. The van der Waals surface area contributed by atoms with E-state index in [0.717, 1.165) is 11.6 Å². The van der Waals surface area contributed by atoms with E-state index >= 15 is 0 Å². The molecule has 4 rings (SSSR count). The Bertz CT molecular complexity index is 1130. The molecule has 1 atom stereocenters. The molecule has 0 fully saturated rings. The van der Waals surface area contributed by atoms with E-state index in [1.807, 2.05) is 6.92 Å². The summed E-state index contributed by atoms with van der Waals surface area (Å²) in [7, 11) is 1.53. The largest absolute Gasteiger partial charge is 0.508 e. The van der Waals surface area contributed by atoms with Crippen LogP contribution in [0.5, 0.6) is 23.0 Å². The number of aliphatic hydroxyl groups excluding tert-OH is 1. The van der Waals surface area contributed by atoms with Crippen molar-refractivity contribution in [1.29, 1.82) is 0 Å². The molecule has 1 aliphatic rings. The van der Waals surface area contributed by atoms with E-state index in [-0.39, 0.29) is 34.8 Å². The minimum Gasteiger partial charge on any atom is -0.508 e. The smallest absolute Gasteiger partial charge is 0.344 e. The zero-order chi connectivity index (χ0) is 20.1. The van der Waals surface area contributed by atoms with E-state index in [1.165, 1.54) is 19.2 Å². The van der Waals surface area contributed by atoms with Gasteiger partial charge in [0.2, 0.25) is 0 Å². The predicted molar refractivity (Wildman–Crippen MR) is 102 cm³/mol. The summed E-state index contributed by atoms with van der Waals surface area (Å²) in [6, 6.07) is 7.22. The van der Waals surface area contributed by atoms with Gasteiger partial charge in [-0.15, -0.1) is 0 Å². The van der Waals surface area contributed by atoms with Crippen molar-refractivity contribution in [3.63, 3.8) is 0 Å². The second-order valence-electron chi connectivity index (χ2n) is 7.16. The Balaban J connectivity index is 1.95. The number of hydrogen-bond acceptors (Lipinski definition) is 7. The van der Waals surface area contributed by atoms with E-state index in [9.17, 15) is 20.1 Å². The highest BCUT2D eigenvalue weighted by Gasteiger charge is 2.33. The van der Waals surface area contributed by atoms with Crippen molar-refractivity contribution < 1.29 is 29.2 Å². The number of rotatable bonds is 3. The monoisotopic (exact) mass is 384 g/mol. The van der Waals surface area contributed by atoms with E-state index < -0.39 is 11.2 Å². The summed E-state index contributed by atoms with van der Waals surface area (Å²) in [5.74, 6) is 0.694. The van der Waals surface area contributed by atoms with Crippen LogP contribution >= 0.6 is 0 Å². The lowest BCUT2D eigenvalue weighted by Crippen LogP contribution is -2.40. The minimum atomic E-state index is -0.705. The maximum Gasteiger partial charge on any atom is 0.344 e. The first-order valence-corrected chi connectivity index (χ1v) is 8.85. The van der Waals surface area contributed by atoms with E-state index in [4.69, 9.17) is 13.9 Å². The number of phenols is 2. The molecule has 0 amide bonds. The fourth-order valence-electron chi connectivity index (χ4n) is 3.56. The minimum absolute atomic E-state index is 0.109. The molecule has 3 N–H and O–H groups in total. The van der Waals surface area contributed by atoms with Crippen molar-refractivity contribution >= 4 is 11.0 Å². The zero-order valence-corrected chi connectivity index (χ0v) is 15.5. The van der Waals surface area contributed by atoms with Crippen molar-refractivity contribution in [2.24, 2.45) is 0 Å². The van der Waals surface area contributed by atoms with Gasteiger partial charge in [0.1, 0.15) is 34.2 Å². The van der Waals surface area contributed by atoms with E-state index in [1.54, 1.807) is 12.1 Å². The van der Waals surface area contributed by atoms with Gasteiger partial charge in [0.05, 0.1) is 24.7 Å². The van der Waals surface area contributed by atoms with E-state index in [2.05, 4.69) is 0 Å². The Morgan fingerprint density at radius 1 is 1.18 bits per heavy atom. The fourth-order valence-corrected chi connectivity index (χ4v) is 3.56. The molecule has 1 aliphatic heterocycles. The number of hydrogen-bond donors (Lipinski definition) is 3. The topological polar surface area (TPSA) is 109 Å². The van der Waals surface area contributed by atoms with Crippen molar-refractivity contribution in [2.75, 3.05) is 13.7 Å². The van der Waals surface area contributed by atoms with Crippen LogP contribution in [0.4, 0.5) is 0 Å². The maximum atomic E-state index is 12.6. The molecule has 1 aromatic heterocycles. The fraction of sp³-hybridized carbons (Fsp3) is 0.286. The molecule has 0 aliphatic carbocycles. The van der Waals surface area contributed by atoms with Gasteiger partial charge in [0.25, 0.3) is 0 Å². The molecule has 28 heavy (non-hydrogen) atoms. The summed E-state index contributed by atoms with van der Waals surface area (Å²) in [5, 5.41) is 29.8. The lowest BCUT2D eigenvalue weighted by atomic mass is 9.91. The first kappa shape index (κ1) is 18.2. The van der Waals surface area contributed by atoms with Crippen LogP contribution in [0.2, 0.25) is 0 Å². The molecule has 146 valence electrons. The quantitative estimate of drug-likeness (QED) is 0.596. The normalized spacial score (nSPS) is 18.5. The molecule has 0 saturated carbocycles. The molecular weight excluding hydrogens is 364 g/mol. The summed E-state index contributed by atoms with van der Waals surface area (Å²) in [6.07, 6.45) is 1.24. The number of aliphatic hydroxyl groups is 1. The number of fused-ring (bicyclic) bond motifs is 2. The van der Waals surface area contributed by atoms with Gasteiger partial charge in [-0.1, -0.05) is 0 Å². The van der Waals surface area contributed by atoms with Gasteiger partial charge in [-0.25, -0.2) is 4.79 Å². The molecule has 2 aromatic carbocycles. The third-order valence-electron chi connectivity index (χ3n) is 5.13. The van der Waals surface area contributed by atoms with Gasteiger partial charge in [-0.05, 0) is 38.0 Å². The first-order valence-electron chi connectivity index (χ1n) is 8.85. The van der Waals surface area contributed by atoms with Gasteiger partial charge in [-0.3, -0.25) is 0 Å². The lowest BCUT2D eigenvalue weighted by Gasteiger charge is -2.35. The molecule has 0 unspecified atom stereocenters. The molecular formula is C21H20O7. The van der Waals surface area contributed by atoms with Gasteiger partial charge in [-0.2, -0.15) is 0 Å². The van der Waals surface area contributed by atoms with Crippen LogP contribution < -0.4 is 15.1 Å². The van der Waals surface area contributed by atoms with Crippen LogP contribution in [0.15, 0.2) is 39.5 Å².